The molecule has 2 heterocycles. The van der Waals surface area contributed by atoms with Crippen LogP contribution in [0.15, 0.2) is 36.4 Å². The number of amides is 1. The van der Waals surface area contributed by atoms with Gasteiger partial charge in [-0.3, -0.25) is 4.79 Å². The van der Waals surface area contributed by atoms with Crippen molar-refractivity contribution in [3.8, 4) is 17.3 Å². The van der Waals surface area contributed by atoms with E-state index in [1.54, 1.807) is 6.07 Å². The average molecular weight is 399 g/mol. The van der Waals surface area contributed by atoms with E-state index in [0.717, 1.165) is 37.0 Å². The Hall–Kier alpha value is -2.33. The van der Waals surface area contributed by atoms with Crippen LogP contribution in [0.1, 0.15) is 11.1 Å². The molecule has 2 N–H and O–H groups in total. The molecular weight excluding hydrogens is 389 g/mol. The number of carbonyl (C=O) groups excluding carboxylic acids is 1. The summed E-state index contributed by atoms with van der Waals surface area (Å²) in [6.45, 7) is 0. The van der Waals surface area contributed by atoms with Gasteiger partial charge in [0.05, 0.1) is 29.4 Å². The predicted molar refractivity (Wildman–Crippen MR) is 93.5 cm³/mol. The predicted octanol–water partition coefficient (Wildman–Crippen LogP) is 3.81. The minimum Gasteiger partial charge on any atom is -0.354 e. The number of halogens is 1. The van der Waals surface area contributed by atoms with E-state index in [1.165, 1.54) is 0 Å². The molecule has 1 amide bonds. The van der Waals surface area contributed by atoms with Gasteiger partial charge in [0.1, 0.15) is 0 Å². The normalized spacial score (nSPS) is 13.0. The Morgan fingerprint density at radius 1 is 1.18 bits per heavy atom. The number of fused-ring (bicyclic) bond motifs is 5. The summed E-state index contributed by atoms with van der Waals surface area (Å²) < 4.78 is 1.11. The molecule has 22 heavy (non-hydrogen) atoms. The van der Waals surface area contributed by atoms with Gasteiger partial charge in [-0.2, -0.15) is 5.26 Å². The molecule has 0 unspecified atom stereocenters. The molecule has 0 spiro atoms. The lowest BCUT2D eigenvalue weighted by molar-refractivity contribution is -0.115. The maximum absolute atomic E-state index is 12.2. The Morgan fingerprint density at radius 2 is 2.05 bits per heavy atom. The molecule has 0 fully saturated rings. The number of carbonyl (C=O) groups is 1. The van der Waals surface area contributed by atoms with E-state index in [9.17, 15) is 4.79 Å². The monoisotopic (exact) mass is 399 g/mol. The molecular formula is C17H10IN3O. The van der Waals surface area contributed by atoms with E-state index in [-0.39, 0.29) is 5.91 Å². The third-order valence-corrected chi connectivity index (χ3v) is 4.57. The number of nitrogens with zero attached hydrogens (tertiary/aromatic N) is 1. The number of hydrogen-bond donors (Lipinski definition) is 2. The Balaban J connectivity index is 2.08. The standard InChI is InChI=1S/C17H10IN3O/c18-10-2-4-15-13(6-10)17-12(7-16(22)20-15)11-5-9(8-19)1-3-14(11)21-17/h1-6,21H,7H2,(H,20,22). The fraction of sp³-hybridized carbons (Fsp3) is 0.0588. The van der Waals surface area contributed by atoms with Crippen LogP contribution in [0.2, 0.25) is 0 Å². The second-order valence-electron chi connectivity index (χ2n) is 5.27. The summed E-state index contributed by atoms with van der Waals surface area (Å²) >= 11 is 2.26. The molecule has 2 aromatic carbocycles. The van der Waals surface area contributed by atoms with E-state index in [4.69, 9.17) is 5.26 Å². The van der Waals surface area contributed by atoms with Crippen molar-refractivity contribution in [2.24, 2.45) is 0 Å². The van der Waals surface area contributed by atoms with Crippen LogP contribution >= 0.6 is 22.6 Å². The summed E-state index contributed by atoms with van der Waals surface area (Å²) in [4.78, 5) is 15.6. The number of nitriles is 1. The van der Waals surface area contributed by atoms with Crippen molar-refractivity contribution in [1.82, 2.24) is 4.98 Å². The maximum Gasteiger partial charge on any atom is 0.228 e. The smallest absolute Gasteiger partial charge is 0.228 e. The first-order valence-electron chi connectivity index (χ1n) is 6.80. The van der Waals surface area contributed by atoms with Gasteiger partial charge in [-0.05, 0) is 64.6 Å². The quantitative estimate of drug-likeness (QED) is 0.565. The molecule has 0 saturated heterocycles. The first kappa shape index (κ1) is 13.3. The Bertz CT molecular complexity index is 981. The highest BCUT2D eigenvalue weighted by Crippen LogP contribution is 2.38. The van der Waals surface area contributed by atoms with Crippen LogP contribution in [-0.2, 0) is 11.2 Å². The van der Waals surface area contributed by atoms with Crippen molar-refractivity contribution in [2.75, 3.05) is 5.32 Å². The lowest BCUT2D eigenvalue weighted by Crippen LogP contribution is -2.12. The van der Waals surface area contributed by atoms with Crippen LogP contribution in [0.3, 0.4) is 0 Å². The van der Waals surface area contributed by atoms with E-state index >= 15 is 0 Å². The van der Waals surface area contributed by atoms with Crippen molar-refractivity contribution in [1.29, 1.82) is 5.26 Å². The van der Waals surface area contributed by atoms with Crippen LogP contribution in [0, 0.1) is 14.9 Å². The molecule has 4 nitrogen and oxygen atoms in total. The number of benzene rings is 2. The number of rotatable bonds is 0. The molecule has 4 rings (SSSR count). The minimum absolute atomic E-state index is 0.0375. The molecule has 5 heteroatoms. The summed E-state index contributed by atoms with van der Waals surface area (Å²) in [5, 5.41) is 13.0. The van der Waals surface area contributed by atoms with Crippen LogP contribution in [0.4, 0.5) is 5.69 Å². The number of anilines is 1. The fourth-order valence-electron chi connectivity index (χ4n) is 2.92. The fourth-order valence-corrected chi connectivity index (χ4v) is 3.41. The molecule has 0 bridgehead atoms. The van der Waals surface area contributed by atoms with E-state index in [2.05, 4.69) is 45.0 Å². The molecule has 0 aliphatic carbocycles. The summed E-state index contributed by atoms with van der Waals surface area (Å²) in [5.74, 6) is -0.0375. The van der Waals surface area contributed by atoms with Gasteiger partial charge in [0.25, 0.3) is 0 Å². The highest BCUT2D eigenvalue weighted by Gasteiger charge is 2.23. The highest BCUT2D eigenvalue weighted by molar-refractivity contribution is 14.1. The lowest BCUT2D eigenvalue weighted by atomic mass is 10.0. The summed E-state index contributed by atoms with van der Waals surface area (Å²) in [7, 11) is 0. The average Bonchev–Trinajstić information content (AvgIpc) is 2.80. The maximum atomic E-state index is 12.2. The zero-order valence-electron chi connectivity index (χ0n) is 11.4. The third-order valence-electron chi connectivity index (χ3n) is 3.90. The molecule has 106 valence electrons. The molecule has 3 aromatic rings. The first-order chi connectivity index (χ1) is 10.7. The second-order valence-corrected chi connectivity index (χ2v) is 6.51. The number of nitrogens with one attached hydrogen (secondary N) is 2. The Labute approximate surface area is 140 Å². The molecule has 0 saturated carbocycles. The number of H-pyrrole nitrogens is 1. The zero-order chi connectivity index (χ0) is 15.3. The van der Waals surface area contributed by atoms with Crippen LogP contribution < -0.4 is 5.32 Å². The van der Waals surface area contributed by atoms with Gasteiger partial charge in [-0.1, -0.05) is 0 Å². The first-order valence-corrected chi connectivity index (χ1v) is 7.88. The largest absolute Gasteiger partial charge is 0.354 e. The molecule has 1 aromatic heterocycles. The SMILES string of the molecule is N#Cc1ccc2[nH]c3c(c2c1)CC(=O)Nc1ccc(I)cc1-3. The van der Waals surface area contributed by atoms with Gasteiger partial charge in [0.2, 0.25) is 5.91 Å². The van der Waals surface area contributed by atoms with Crippen LogP contribution in [0.25, 0.3) is 22.2 Å². The van der Waals surface area contributed by atoms with Crippen molar-refractivity contribution >= 4 is 45.1 Å². The minimum atomic E-state index is -0.0375. The molecule has 0 radical (unpaired) electrons. The van der Waals surface area contributed by atoms with Gasteiger partial charge in [0, 0.05) is 20.0 Å². The molecule has 1 aliphatic heterocycles. The van der Waals surface area contributed by atoms with Crippen molar-refractivity contribution in [2.45, 2.75) is 6.42 Å². The van der Waals surface area contributed by atoms with Gasteiger partial charge in [0.15, 0.2) is 0 Å². The number of aromatic nitrogens is 1. The van der Waals surface area contributed by atoms with E-state index in [0.29, 0.717) is 12.0 Å². The Kier molecular flexibility index (Phi) is 2.94. The van der Waals surface area contributed by atoms with Crippen molar-refractivity contribution < 1.29 is 4.79 Å². The van der Waals surface area contributed by atoms with E-state index < -0.39 is 0 Å². The molecule has 0 atom stereocenters. The summed E-state index contributed by atoms with van der Waals surface area (Å²) in [5.41, 5.74) is 5.26. The van der Waals surface area contributed by atoms with Crippen LogP contribution in [0.5, 0.6) is 0 Å². The summed E-state index contributed by atoms with van der Waals surface area (Å²) in [6.07, 6.45) is 0.301. The van der Waals surface area contributed by atoms with E-state index in [1.807, 2.05) is 24.3 Å². The van der Waals surface area contributed by atoms with Gasteiger partial charge in [-0.15, -0.1) is 0 Å². The second kappa shape index (κ2) is 4.85. The highest BCUT2D eigenvalue weighted by atomic mass is 127. The number of aromatic amines is 1. The van der Waals surface area contributed by atoms with Gasteiger partial charge < -0.3 is 10.3 Å². The van der Waals surface area contributed by atoms with Gasteiger partial charge in [-0.25, -0.2) is 0 Å². The topological polar surface area (TPSA) is 68.7 Å². The lowest BCUT2D eigenvalue weighted by Gasteiger charge is -2.07. The zero-order valence-corrected chi connectivity index (χ0v) is 13.6. The third kappa shape index (κ3) is 1.99. The van der Waals surface area contributed by atoms with Crippen molar-refractivity contribution in [3.63, 3.8) is 0 Å². The molecule has 1 aliphatic rings. The van der Waals surface area contributed by atoms with Crippen molar-refractivity contribution in [3.05, 3.63) is 51.1 Å². The Morgan fingerprint density at radius 3 is 2.86 bits per heavy atom. The van der Waals surface area contributed by atoms with Crippen LogP contribution in [-0.4, -0.2) is 10.9 Å². The van der Waals surface area contributed by atoms with Gasteiger partial charge >= 0.3 is 0 Å². The number of hydrogen-bond acceptors (Lipinski definition) is 2. The summed E-state index contributed by atoms with van der Waals surface area (Å²) in [6, 6.07) is 13.6.